The maximum atomic E-state index is 12.8. The number of H-pyrrole nitrogens is 1. The molecule has 1 aliphatic carbocycles. The van der Waals surface area contributed by atoms with Gasteiger partial charge in [-0.05, 0) is 30.9 Å². The molecule has 0 unspecified atom stereocenters. The van der Waals surface area contributed by atoms with Crippen molar-refractivity contribution < 1.29 is 18.0 Å². The van der Waals surface area contributed by atoms with Crippen molar-refractivity contribution in [1.29, 1.82) is 0 Å². The van der Waals surface area contributed by atoms with E-state index in [1.165, 1.54) is 31.4 Å². The van der Waals surface area contributed by atoms with Crippen LogP contribution in [0.5, 0.6) is 0 Å². The third-order valence-corrected chi connectivity index (χ3v) is 5.13. The number of hydrogen-bond acceptors (Lipinski definition) is 4. The van der Waals surface area contributed by atoms with Gasteiger partial charge in [-0.3, -0.25) is 9.59 Å². The number of aromatic amines is 1. The van der Waals surface area contributed by atoms with Gasteiger partial charge in [0.05, 0.1) is 5.56 Å². The Balaban J connectivity index is 1.58. The van der Waals surface area contributed by atoms with Crippen molar-refractivity contribution in [3.63, 3.8) is 0 Å². The number of halogens is 3. The first-order valence-corrected chi connectivity index (χ1v) is 9.73. The van der Waals surface area contributed by atoms with Gasteiger partial charge in [-0.15, -0.1) is 10.2 Å². The second-order valence-corrected chi connectivity index (χ2v) is 7.34. The van der Waals surface area contributed by atoms with Gasteiger partial charge >= 0.3 is 6.18 Å². The molecule has 3 rings (SSSR count). The Hall–Kier alpha value is -2.71. The van der Waals surface area contributed by atoms with Gasteiger partial charge in [0.25, 0.3) is 5.56 Å². The molecule has 6 nitrogen and oxygen atoms in total. The van der Waals surface area contributed by atoms with Crippen LogP contribution in [0, 0.1) is 5.92 Å². The van der Waals surface area contributed by atoms with Gasteiger partial charge in [0.2, 0.25) is 5.91 Å². The molecule has 0 aliphatic heterocycles. The van der Waals surface area contributed by atoms with Crippen LogP contribution in [-0.2, 0) is 17.4 Å². The first kappa shape index (κ1) is 21.0. The number of carbonyl (C=O) groups excluding carboxylic acids is 1. The highest BCUT2D eigenvalue weighted by atomic mass is 19.4. The smallest absolute Gasteiger partial charge is 0.356 e. The van der Waals surface area contributed by atoms with Gasteiger partial charge in [0, 0.05) is 24.9 Å². The van der Waals surface area contributed by atoms with Gasteiger partial charge in [-0.1, -0.05) is 31.4 Å². The number of carbonyl (C=O) groups is 1. The van der Waals surface area contributed by atoms with Gasteiger partial charge in [0.1, 0.15) is 5.69 Å². The van der Waals surface area contributed by atoms with E-state index in [4.69, 9.17) is 0 Å². The van der Waals surface area contributed by atoms with Crippen molar-refractivity contribution in [3.8, 4) is 11.4 Å². The Labute approximate surface area is 165 Å². The highest BCUT2D eigenvalue weighted by Crippen LogP contribution is 2.31. The molecule has 1 amide bonds. The maximum absolute atomic E-state index is 12.8. The lowest BCUT2D eigenvalue weighted by atomic mass is 9.89. The van der Waals surface area contributed by atoms with Crippen molar-refractivity contribution in [2.75, 3.05) is 6.54 Å². The Morgan fingerprint density at radius 3 is 2.62 bits per heavy atom. The summed E-state index contributed by atoms with van der Waals surface area (Å²) < 4.78 is 38.5. The normalized spacial score (nSPS) is 15.3. The van der Waals surface area contributed by atoms with Crippen LogP contribution in [0.25, 0.3) is 11.4 Å². The van der Waals surface area contributed by atoms with Crippen molar-refractivity contribution in [3.05, 3.63) is 45.9 Å². The predicted octanol–water partition coefficient (Wildman–Crippen LogP) is 3.48. The molecule has 1 aromatic carbocycles. The molecule has 156 valence electrons. The van der Waals surface area contributed by atoms with Crippen molar-refractivity contribution in [1.82, 2.24) is 20.5 Å². The van der Waals surface area contributed by atoms with E-state index in [1.54, 1.807) is 0 Å². The van der Waals surface area contributed by atoms with E-state index < -0.39 is 17.3 Å². The molecular weight excluding hydrogens is 385 g/mol. The lowest BCUT2D eigenvalue weighted by molar-refractivity contribution is -0.137. The molecule has 1 fully saturated rings. The second kappa shape index (κ2) is 9.19. The van der Waals surface area contributed by atoms with Crippen LogP contribution in [0.4, 0.5) is 13.2 Å². The Bertz CT molecular complexity index is 905. The predicted molar refractivity (Wildman–Crippen MR) is 101 cm³/mol. The number of aryl methyl sites for hydroxylation is 1. The molecule has 29 heavy (non-hydrogen) atoms. The summed E-state index contributed by atoms with van der Waals surface area (Å²) in [6.07, 6.45) is 1.63. The largest absolute Gasteiger partial charge is 0.416 e. The topological polar surface area (TPSA) is 87.7 Å². The Kier molecular flexibility index (Phi) is 6.66. The summed E-state index contributed by atoms with van der Waals surface area (Å²) >= 11 is 0. The number of aromatic nitrogens is 3. The quantitative estimate of drug-likeness (QED) is 0.766. The summed E-state index contributed by atoms with van der Waals surface area (Å²) in [6.45, 7) is 0.648. The molecule has 1 aromatic heterocycles. The fourth-order valence-electron chi connectivity index (χ4n) is 3.47. The standard InChI is InChI=1S/C20H23F3N4O2/c21-20(22,23)15-8-4-7-14(11-15)18-25-19(29)16(26-27-18)9-10-17(28)24-12-13-5-2-1-3-6-13/h4,7-8,11,13H,1-3,5-6,9-10,12H2,(H,24,28)(H,25,27,29). The van der Waals surface area contributed by atoms with E-state index >= 15 is 0 Å². The fraction of sp³-hybridized carbons (Fsp3) is 0.500. The number of amides is 1. The molecule has 1 saturated carbocycles. The summed E-state index contributed by atoms with van der Waals surface area (Å²) in [5.74, 6) is 0.313. The van der Waals surface area contributed by atoms with Crippen molar-refractivity contribution >= 4 is 5.91 Å². The zero-order valence-corrected chi connectivity index (χ0v) is 15.9. The monoisotopic (exact) mass is 408 g/mol. The third-order valence-electron chi connectivity index (χ3n) is 5.13. The summed E-state index contributed by atoms with van der Waals surface area (Å²) in [6, 6.07) is 4.49. The number of nitrogens with zero attached hydrogens (tertiary/aromatic N) is 2. The molecule has 1 aliphatic rings. The van der Waals surface area contributed by atoms with Crippen LogP contribution < -0.4 is 10.9 Å². The van der Waals surface area contributed by atoms with Crippen LogP contribution in [-0.4, -0.2) is 27.6 Å². The Morgan fingerprint density at radius 2 is 1.93 bits per heavy atom. The zero-order chi connectivity index (χ0) is 20.9. The minimum atomic E-state index is -4.49. The average molecular weight is 408 g/mol. The molecule has 0 spiro atoms. The maximum Gasteiger partial charge on any atom is 0.416 e. The SMILES string of the molecule is O=C(CCc1nnc(-c2cccc(C(F)(F)F)c2)[nH]c1=O)NCC1CCCCC1. The number of rotatable bonds is 6. The van der Waals surface area contributed by atoms with Gasteiger partial charge in [0.15, 0.2) is 5.82 Å². The first-order chi connectivity index (χ1) is 13.8. The van der Waals surface area contributed by atoms with Crippen LogP contribution in [0.1, 0.15) is 49.8 Å². The number of alkyl halides is 3. The second-order valence-electron chi connectivity index (χ2n) is 7.34. The van der Waals surface area contributed by atoms with Gasteiger partial charge in [-0.2, -0.15) is 13.2 Å². The van der Waals surface area contributed by atoms with Gasteiger partial charge in [-0.25, -0.2) is 0 Å². The zero-order valence-electron chi connectivity index (χ0n) is 15.9. The van der Waals surface area contributed by atoms with Crippen molar-refractivity contribution in [2.45, 2.75) is 51.1 Å². The van der Waals surface area contributed by atoms with E-state index in [1.807, 2.05) is 0 Å². The minimum absolute atomic E-state index is 0.0494. The summed E-state index contributed by atoms with van der Waals surface area (Å²) in [4.78, 5) is 26.7. The van der Waals surface area contributed by atoms with E-state index in [-0.39, 0.29) is 35.8 Å². The van der Waals surface area contributed by atoms with Crippen molar-refractivity contribution in [2.24, 2.45) is 5.92 Å². The summed E-state index contributed by atoms with van der Waals surface area (Å²) in [7, 11) is 0. The third kappa shape index (κ3) is 5.88. The average Bonchev–Trinajstić information content (AvgIpc) is 2.71. The van der Waals surface area contributed by atoms with E-state index in [0.29, 0.717) is 12.5 Å². The molecule has 1 heterocycles. The first-order valence-electron chi connectivity index (χ1n) is 9.73. The molecule has 0 atom stereocenters. The summed E-state index contributed by atoms with van der Waals surface area (Å²) in [5.41, 5.74) is -1.21. The highest BCUT2D eigenvalue weighted by Gasteiger charge is 2.30. The number of nitrogens with one attached hydrogen (secondary N) is 2. The lowest BCUT2D eigenvalue weighted by Crippen LogP contribution is -2.31. The molecule has 2 N–H and O–H groups in total. The molecular formula is C20H23F3N4O2. The van der Waals surface area contributed by atoms with Crippen LogP contribution >= 0.6 is 0 Å². The van der Waals surface area contributed by atoms with Crippen LogP contribution in [0.3, 0.4) is 0 Å². The molecule has 0 bridgehead atoms. The Morgan fingerprint density at radius 1 is 1.17 bits per heavy atom. The number of hydrogen-bond donors (Lipinski definition) is 2. The minimum Gasteiger partial charge on any atom is -0.356 e. The van der Waals surface area contributed by atoms with Crippen LogP contribution in [0.15, 0.2) is 29.1 Å². The molecule has 9 heteroatoms. The highest BCUT2D eigenvalue weighted by molar-refractivity contribution is 5.76. The van der Waals surface area contributed by atoms with Crippen LogP contribution in [0.2, 0.25) is 0 Å². The number of benzene rings is 1. The summed E-state index contributed by atoms with van der Waals surface area (Å²) in [5, 5.41) is 10.5. The molecule has 0 saturated heterocycles. The molecule has 2 aromatic rings. The fourth-order valence-corrected chi connectivity index (χ4v) is 3.47. The molecule has 0 radical (unpaired) electrons. The lowest BCUT2D eigenvalue weighted by Gasteiger charge is -2.21. The van der Waals surface area contributed by atoms with Gasteiger partial charge < -0.3 is 10.3 Å². The van der Waals surface area contributed by atoms with E-state index in [2.05, 4.69) is 20.5 Å². The van der Waals surface area contributed by atoms with E-state index in [9.17, 15) is 22.8 Å². The van der Waals surface area contributed by atoms with E-state index in [0.717, 1.165) is 25.0 Å².